The van der Waals surface area contributed by atoms with Crippen LogP contribution in [-0.4, -0.2) is 48.8 Å². The van der Waals surface area contributed by atoms with Gasteiger partial charge in [0.15, 0.2) is 0 Å². The van der Waals surface area contributed by atoms with Gasteiger partial charge in [0.05, 0.1) is 6.10 Å². The van der Waals surface area contributed by atoms with Gasteiger partial charge in [0, 0.05) is 38.4 Å². The number of rotatable bonds is 6. The lowest BCUT2D eigenvalue weighted by molar-refractivity contribution is 0.100. The summed E-state index contributed by atoms with van der Waals surface area (Å²) in [4.78, 5) is 4.81. The van der Waals surface area contributed by atoms with Crippen molar-refractivity contribution in [3.8, 4) is 0 Å². The zero-order chi connectivity index (χ0) is 13.5. The minimum Gasteiger partial charge on any atom is -0.392 e. The maximum absolute atomic E-state index is 9.96. The van der Waals surface area contributed by atoms with E-state index in [0.717, 1.165) is 45.6 Å². The summed E-state index contributed by atoms with van der Waals surface area (Å²) in [6.07, 6.45) is 3.09. The van der Waals surface area contributed by atoms with Gasteiger partial charge in [0.1, 0.15) is 0 Å². The van der Waals surface area contributed by atoms with Crippen LogP contribution in [0.3, 0.4) is 0 Å². The molecule has 0 radical (unpaired) electrons. The van der Waals surface area contributed by atoms with E-state index in [1.54, 1.807) is 0 Å². The summed E-state index contributed by atoms with van der Waals surface area (Å²) in [5, 5.41) is 9.96. The van der Waals surface area contributed by atoms with Crippen LogP contribution in [0, 0.1) is 0 Å². The Balaban J connectivity index is 1.73. The highest BCUT2D eigenvalue weighted by molar-refractivity contribution is 5.46. The molecule has 1 fully saturated rings. The SMILES string of the molecule is CCCCC(O)CN1CCN(c2ccccc2)CC1. The first-order valence-electron chi connectivity index (χ1n) is 7.50. The fraction of sp³-hybridized carbons (Fsp3) is 0.625. The molecule has 1 aromatic carbocycles. The van der Waals surface area contributed by atoms with E-state index in [1.165, 1.54) is 12.1 Å². The number of benzene rings is 1. The standard InChI is InChI=1S/C16H26N2O/c1-2-3-9-16(19)14-17-10-12-18(13-11-17)15-7-5-4-6-8-15/h4-8,16,19H,2-3,9-14H2,1H3. The molecule has 106 valence electrons. The van der Waals surface area contributed by atoms with Crippen molar-refractivity contribution in [1.29, 1.82) is 0 Å². The molecule has 1 atom stereocenters. The fourth-order valence-electron chi connectivity index (χ4n) is 2.66. The number of β-amino-alcohol motifs (C(OH)–C–C–N with tert-alkyl or cyclic N) is 1. The van der Waals surface area contributed by atoms with Crippen molar-refractivity contribution in [2.24, 2.45) is 0 Å². The molecule has 3 nitrogen and oxygen atoms in total. The maximum atomic E-state index is 9.96. The molecule has 0 saturated carbocycles. The molecule has 0 aliphatic carbocycles. The zero-order valence-corrected chi connectivity index (χ0v) is 12.0. The molecule has 1 N–H and O–H groups in total. The van der Waals surface area contributed by atoms with Crippen LogP contribution in [0.5, 0.6) is 0 Å². The third kappa shape index (κ3) is 4.51. The lowest BCUT2D eigenvalue weighted by Crippen LogP contribution is -2.48. The maximum Gasteiger partial charge on any atom is 0.0667 e. The number of hydrogen-bond donors (Lipinski definition) is 1. The summed E-state index contributed by atoms with van der Waals surface area (Å²) in [7, 11) is 0. The Hall–Kier alpha value is -1.06. The number of piperazine rings is 1. The Morgan fingerprint density at radius 1 is 1.11 bits per heavy atom. The minimum absolute atomic E-state index is 0.150. The van der Waals surface area contributed by atoms with E-state index in [2.05, 4.69) is 47.1 Å². The van der Waals surface area contributed by atoms with Gasteiger partial charge >= 0.3 is 0 Å². The van der Waals surface area contributed by atoms with Gasteiger partial charge in [-0.2, -0.15) is 0 Å². The first-order valence-corrected chi connectivity index (χ1v) is 7.50. The first-order chi connectivity index (χ1) is 9.29. The van der Waals surface area contributed by atoms with Crippen LogP contribution >= 0.6 is 0 Å². The lowest BCUT2D eigenvalue weighted by Gasteiger charge is -2.36. The van der Waals surface area contributed by atoms with Crippen molar-refractivity contribution in [3.63, 3.8) is 0 Å². The quantitative estimate of drug-likeness (QED) is 0.852. The van der Waals surface area contributed by atoms with E-state index >= 15 is 0 Å². The minimum atomic E-state index is -0.150. The van der Waals surface area contributed by atoms with Crippen LogP contribution in [0.2, 0.25) is 0 Å². The number of aliphatic hydroxyl groups is 1. The van der Waals surface area contributed by atoms with Crippen LogP contribution in [0.15, 0.2) is 30.3 Å². The summed E-state index contributed by atoms with van der Waals surface area (Å²) in [5.41, 5.74) is 1.31. The molecule has 1 saturated heterocycles. The van der Waals surface area contributed by atoms with E-state index in [0.29, 0.717) is 0 Å². The van der Waals surface area contributed by atoms with Crippen molar-refractivity contribution in [1.82, 2.24) is 4.90 Å². The normalized spacial score (nSPS) is 18.5. The number of aliphatic hydroxyl groups excluding tert-OH is 1. The predicted octanol–water partition coefficient (Wildman–Crippen LogP) is 2.36. The largest absolute Gasteiger partial charge is 0.392 e. The van der Waals surface area contributed by atoms with Crippen LogP contribution in [0.25, 0.3) is 0 Å². The third-order valence-electron chi connectivity index (χ3n) is 3.85. The number of anilines is 1. The van der Waals surface area contributed by atoms with Gasteiger partial charge in [-0.1, -0.05) is 38.0 Å². The molecule has 3 heteroatoms. The van der Waals surface area contributed by atoms with Gasteiger partial charge in [-0.15, -0.1) is 0 Å². The van der Waals surface area contributed by atoms with E-state index in [-0.39, 0.29) is 6.10 Å². The first kappa shape index (κ1) is 14.4. The molecule has 19 heavy (non-hydrogen) atoms. The van der Waals surface area contributed by atoms with Gasteiger partial charge in [0.25, 0.3) is 0 Å². The second-order valence-corrected chi connectivity index (χ2v) is 5.42. The molecule has 1 unspecified atom stereocenters. The van der Waals surface area contributed by atoms with Crippen molar-refractivity contribution in [3.05, 3.63) is 30.3 Å². The monoisotopic (exact) mass is 262 g/mol. The molecule has 1 aliphatic rings. The van der Waals surface area contributed by atoms with E-state index in [4.69, 9.17) is 0 Å². The van der Waals surface area contributed by atoms with Gasteiger partial charge < -0.3 is 10.0 Å². The van der Waals surface area contributed by atoms with Crippen LogP contribution in [-0.2, 0) is 0 Å². The van der Waals surface area contributed by atoms with Gasteiger partial charge in [-0.25, -0.2) is 0 Å². The highest BCUT2D eigenvalue weighted by Crippen LogP contribution is 2.15. The third-order valence-corrected chi connectivity index (χ3v) is 3.85. The van der Waals surface area contributed by atoms with E-state index in [1.807, 2.05) is 0 Å². The molecule has 0 bridgehead atoms. The van der Waals surface area contributed by atoms with Crippen LogP contribution in [0.4, 0.5) is 5.69 Å². The Morgan fingerprint density at radius 2 is 1.79 bits per heavy atom. The smallest absolute Gasteiger partial charge is 0.0667 e. The fourth-order valence-corrected chi connectivity index (χ4v) is 2.66. The van der Waals surface area contributed by atoms with Crippen molar-refractivity contribution in [2.75, 3.05) is 37.6 Å². The molecular formula is C16H26N2O. The Labute approximate surface area is 116 Å². The van der Waals surface area contributed by atoms with Crippen LogP contribution in [0.1, 0.15) is 26.2 Å². The Morgan fingerprint density at radius 3 is 2.42 bits per heavy atom. The number of unbranched alkanes of at least 4 members (excludes halogenated alkanes) is 1. The summed E-state index contributed by atoms with van der Waals surface area (Å²) in [5.74, 6) is 0. The zero-order valence-electron chi connectivity index (χ0n) is 12.0. The molecule has 0 aromatic heterocycles. The average Bonchev–Trinajstić information content (AvgIpc) is 2.47. The Bertz CT molecular complexity index is 347. The highest BCUT2D eigenvalue weighted by atomic mass is 16.3. The number of nitrogens with zero attached hydrogens (tertiary/aromatic N) is 2. The van der Waals surface area contributed by atoms with Crippen molar-refractivity contribution in [2.45, 2.75) is 32.3 Å². The van der Waals surface area contributed by atoms with Crippen molar-refractivity contribution >= 4 is 5.69 Å². The topological polar surface area (TPSA) is 26.7 Å². The molecule has 1 aromatic rings. The van der Waals surface area contributed by atoms with E-state index < -0.39 is 0 Å². The highest BCUT2D eigenvalue weighted by Gasteiger charge is 2.18. The molecule has 2 rings (SSSR count). The summed E-state index contributed by atoms with van der Waals surface area (Å²) in [6.45, 7) is 7.24. The lowest BCUT2D eigenvalue weighted by atomic mass is 10.1. The molecule has 0 spiro atoms. The van der Waals surface area contributed by atoms with E-state index in [9.17, 15) is 5.11 Å². The summed E-state index contributed by atoms with van der Waals surface area (Å²) >= 11 is 0. The molecule has 1 aliphatic heterocycles. The second kappa shape index (κ2) is 7.51. The number of para-hydroxylation sites is 1. The molecular weight excluding hydrogens is 236 g/mol. The van der Waals surface area contributed by atoms with Crippen molar-refractivity contribution < 1.29 is 5.11 Å². The molecule has 0 amide bonds. The average molecular weight is 262 g/mol. The molecule has 1 heterocycles. The van der Waals surface area contributed by atoms with Gasteiger partial charge in [-0.3, -0.25) is 4.90 Å². The van der Waals surface area contributed by atoms with Crippen LogP contribution < -0.4 is 4.90 Å². The van der Waals surface area contributed by atoms with Gasteiger partial charge in [0.2, 0.25) is 0 Å². The summed E-state index contributed by atoms with van der Waals surface area (Å²) in [6, 6.07) is 10.6. The Kier molecular flexibility index (Phi) is 5.67. The number of hydrogen-bond acceptors (Lipinski definition) is 3. The second-order valence-electron chi connectivity index (χ2n) is 5.42. The van der Waals surface area contributed by atoms with Gasteiger partial charge in [-0.05, 0) is 18.6 Å². The predicted molar refractivity (Wildman–Crippen MR) is 80.6 cm³/mol. The summed E-state index contributed by atoms with van der Waals surface area (Å²) < 4.78 is 0.